The highest BCUT2D eigenvalue weighted by Crippen LogP contribution is 2.22. The molecule has 3 nitrogen and oxygen atoms in total. The van der Waals surface area contributed by atoms with Crippen LogP contribution in [-0.4, -0.2) is 13.2 Å². The first kappa shape index (κ1) is 13.6. The number of para-hydroxylation sites is 1. The lowest BCUT2D eigenvalue weighted by molar-refractivity contribution is 0.315. The Labute approximate surface area is 118 Å². The van der Waals surface area contributed by atoms with Gasteiger partial charge >= 0.3 is 0 Å². The summed E-state index contributed by atoms with van der Waals surface area (Å²) in [6.07, 6.45) is 0.900. The maximum absolute atomic E-state index is 5.85. The number of ether oxygens (including phenoxy) is 1. The van der Waals surface area contributed by atoms with Crippen molar-refractivity contribution in [2.75, 3.05) is 24.2 Å². The lowest BCUT2D eigenvalue weighted by Gasteiger charge is -2.10. The highest BCUT2D eigenvalue weighted by molar-refractivity contribution is 6.31. The molecule has 0 fully saturated rings. The molecule has 100 valence electrons. The Bertz CT molecular complexity index is 517. The zero-order valence-corrected chi connectivity index (χ0v) is 11.4. The first-order valence-electron chi connectivity index (χ1n) is 6.22. The van der Waals surface area contributed by atoms with Crippen LogP contribution in [0.5, 0.6) is 5.75 Å². The minimum Gasteiger partial charge on any atom is -0.494 e. The van der Waals surface area contributed by atoms with E-state index in [4.69, 9.17) is 22.1 Å². The lowest BCUT2D eigenvalue weighted by Crippen LogP contribution is -2.08. The first-order valence-corrected chi connectivity index (χ1v) is 6.60. The Morgan fingerprint density at radius 3 is 2.63 bits per heavy atom. The summed E-state index contributed by atoms with van der Waals surface area (Å²) in [5.41, 5.74) is 7.42. The smallest absolute Gasteiger partial charge is 0.119 e. The number of hydrogen-bond acceptors (Lipinski definition) is 3. The molecule has 2 rings (SSSR count). The molecule has 0 aliphatic carbocycles. The van der Waals surface area contributed by atoms with Crippen LogP contribution in [0.15, 0.2) is 48.5 Å². The van der Waals surface area contributed by atoms with Gasteiger partial charge in [0.05, 0.1) is 18.0 Å². The van der Waals surface area contributed by atoms with E-state index in [-0.39, 0.29) is 0 Å². The van der Waals surface area contributed by atoms with Crippen LogP contribution < -0.4 is 15.8 Å². The number of nitrogen functional groups attached to an aromatic ring is 1. The maximum atomic E-state index is 5.85. The fourth-order valence-electron chi connectivity index (χ4n) is 1.70. The van der Waals surface area contributed by atoms with Crippen molar-refractivity contribution >= 4 is 23.0 Å². The first-order chi connectivity index (χ1) is 9.25. The Morgan fingerprint density at radius 1 is 1.11 bits per heavy atom. The maximum Gasteiger partial charge on any atom is 0.119 e. The van der Waals surface area contributed by atoms with Crippen molar-refractivity contribution in [3.63, 3.8) is 0 Å². The van der Waals surface area contributed by atoms with E-state index < -0.39 is 0 Å². The van der Waals surface area contributed by atoms with E-state index in [1.54, 1.807) is 6.07 Å². The number of rotatable bonds is 6. The van der Waals surface area contributed by atoms with Gasteiger partial charge in [0, 0.05) is 11.6 Å². The zero-order valence-electron chi connectivity index (χ0n) is 10.6. The fourth-order valence-corrected chi connectivity index (χ4v) is 1.88. The van der Waals surface area contributed by atoms with E-state index in [9.17, 15) is 0 Å². The minimum atomic E-state index is 0.649. The van der Waals surface area contributed by atoms with Crippen LogP contribution in [0.2, 0.25) is 5.02 Å². The number of hydrogen-bond donors (Lipinski definition) is 2. The molecule has 0 heterocycles. The fraction of sp³-hybridized carbons (Fsp3) is 0.200. The summed E-state index contributed by atoms with van der Waals surface area (Å²) in [4.78, 5) is 0. The molecule has 0 radical (unpaired) electrons. The van der Waals surface area contributed by atoms with Crippen LogP contribution in [0, 0.1) is 0 Å². The van der Waals surface area contributed by atoms with Gasteiger partial charge in [0.15, 0.2) is 0 Å². The quantitative estimate of drug-likeness (QED) is 0.623. The summed E-state index contributed by atoms with van der Waals surface area (Å²) in [6, 6.07) is 15.2. The van der Waals surface area contributed by atoms with Gasteiger partial charge in [0.25, 0.3) is 0 Å². The van der Waals surface area contributed by atoms with Gasteiger partial charge in [0.2, 0.25) is 0 Å². The second-order valence-corrected chi connectivity index (χ2v) is 4.61. The molecule has 19 heavy (non-hydrogen) atoms. The third-order valence-corrected chi connectivity index (χ3v) is 2.90. The Balaban J connectivity index is 1.69. The van der Waals surface area contributed by atoms with Crippen molar-refractivity contribution in [1.82, 2.24) is 0 Å². The van der Waals surface area contributed by atoms with Crippen LogP contribution in [0.4, 0.5) is 11.4 Å². The molecule has 0 spiro atoms. The Hall–Kier alpha value is -1.87. The van der Waals surface area contributed by atoms with Crippen molar-refractivity contribution in [2.45, 2.75) is 6.42 Å². The van der Waals surface area contributed by atoms with Crippen molar-refractivity contribution in [3.05, 3.63) is 53.6 Å². The Kier molecular flexibility index (Phi) is 4.93. The average molecular weight is 277 g/mol. The van der Waals surface area contributed by atoms with E-state index >= 15 is 0 Å². The van der Waals surface area contributed by atoms with E-state index in [0.29, 0.717) is 17.3 Å². The van der Waals surface area contributed by atoms with Gasteiger partial charge in [0.1, 0.15) is 5.75 Å². The van der Waals surface area contributed by atoms with Crippen molar-refractivity contribution in [3.8, 4) is 5.75 Å². The van der Waals surface area contributed by atoms with E-state index in [0.717, 1.165) is 24.4 Å². The van der Waals surface area contributed by atoms with Gasteiger partial charge < -0.3 is 15.8 Å². The molecular weight excluding hydrogens is 260 g/mol. The molecule has 0 amide bonds. The van der Waals surface area contributed by atoms with Gasteiger partial charge in [-0.1, -0.05) is 29.8 Å². The predicted octanol–water partition coefficient (Wildman–Crippen LogP) is 3.80. The molecule has 0 saturated heterocycles. The molecule has 0 aliphatic rings. The molecule has 2 aromatic carbocycles. The minimum absolute atomic E-state index is 0.649. The van der Waals surface area contributed by atoms with Gasteiger partial charge in [-0.2, -0.15) is 0 Å². The summed E-state index contributed by atoms with van der Waals surface area (Å²) in [5.74, 6) is 0.897. The third-order valence-electron chi connectivity index (χ3n) is 2.66. The topological polar surface area (TPSA) is 47.3 Å². The summed E-state index contributed by atoms with van der Waals surface area (Å²) >= 11 is 5.84. The van der Waals surface area contributed by atoms with Gasteiger partial charge in [-0.15, -0.1) is 0 Å². The monoisotopic (exact) mass is 276 g/mol. The van der Waals surface area contributed by atoms with E-state index in [1.165, 1.54) is 0 Å². The van der Waals surface area contributed by atoms with Gasteiger partial charge in [-0.05, 0) is 36.8 Å². The largest absolute Gasteiger partial charge is 0.494 e. The highest BCUT2D eigenvalue weighted by Gasteiger charge is 1.99. The summed E-state index contributed by atoms with van der Waals surface area (Å²) < 4.78 is 5.60. The summed E-state index contributed by atoms with van der Waals surface area (Å²) in [6.45, 7) is 1.48. The second-order valence-electron chi connectivity index (χ2n) is 4.17. The molecule has 2 aromatic rings. The molecule has 0 bridgehead atoms. The molecule has 0 aromatic heterocycles. The van der Waals surface area contributed by atoms with Crippen molar-refractivity contribution in [2.24, 2.45) is 0 Å². The standard InChI is InChI=1S/C15H17ClN2O/c16-12-7-8-15(14(17)11-12)18-9-4-10-19-13-5-2-1-3-6-13/h1-3,5-8,11,18H,4,9-10,17H2. The second kappa shape index (κ2) is 6.90. The highest BCUT2D eigenvalue weighted by atomic mass is 35.5. The predicted molar refractivity (Wildman–Crippen MR) is 80.9 cm³/mol. The number of benzene rings is 2. The summed E-state index contributed by atoms with van der Waals surface area (Å²) in [7, 11) is 0. The number of nitrogens with two attached hydrogens (primary N) is 1. The zero-order chi connectivity index (χ0) is 13.5. The molecule has 3 N–H and O–H groups in total. The average Bonchev–Trinajstić information content (AvgIpc) is 2.42. The summed E-state index contributed by atoms with van der Waals surface area (Å²) in [5, 5.41) is 3.91. The van der Waals surface area contributed by atoms with Gasteiger partial charge in [-0.25, -0.2) is 0 Å². The molecule has 0 saturated carbocycles. The van der Waals surface area contributed by atoms with Crippen LogP contribution >= 0.6 is 11.6 Å². The number of halogens is 1. The molecule has 4 heteroatoms. The number of nitrogens with one attached hydrogen (secondary N) is 1. The molecular formula is C15H17ClN2O. The Morgan fingerprint density at radius 2 is 1.89 bits per heavy atom. The SMILES string of the molecule is Nc1cc(Cl)ccc1NCCCOc1ccccc1. The van der Waals surface area contributed by atoms with Crippen molar-refractivity contribution in [1.29, 1.82) is 0 Å². The van der Waals surface area contributed by atoms with Crippen LogP contribution in [-0.2, 0) is 0 Å². The van der Waals surface area contributed by atoms with Gasteiger partial charge in [-0.3, -0.25) is 0 Å². The molecule has 0 aliphatic heterocycles. The normalized spacial score (nSPS) is 10.2. The van der Waals surface area contributed by atoms with Crippen LogP contribution in [0.1, 0.15) is 6.42 Å². The van der Waals surface area contributed by atoms with Crippen LogP contribution in [0.25, 0.3) is 0 Å². The molecule has 0 unspecified atom stereocenters. The van der Waals surface area contributed by atoms with E-state index in [2.05, 4.69) is 5.32 Å². The van der Waals surface area contributed by atoms with Crippen LogP contribution in [0.3, 0.4) is 0 Å². The van der Waals surface area contributed by atoms with Crippen molar-refractivity contribution < 1.29 is 4.74 Å². The number of anilines is 2. The lowest BCUT2D eigenvalue weighted by atomic mass is 10.2. The third kappa shape index (κ3) is 4.38. The molecule has 0 atom stereocenters. The van der Waals surface area contributed by atoms with E-state index in [1.807, 2.05) is 42.5 Å².